The van der Waals surface area contributed by atoms with Gasteiger partial charge in [0.05, 0.1) is 12.6 Å². The molecule has 0 radical (unpaired) electrons. The van der Waals surface area contributed by atoms with E-state index in [0.717, 1.165) is 37.1 Å². The molecular formula is C13H16F5NO3S. The maximum absolute atomic E-state index is 12.3. The summed E-state index contributed by atoms with van der Waals surface area (Å²) < 4.78 is 64.2. The Balaban J connectivity index is 2.19. The summed E-state index contributed by atoms with van der Waals surface area (Å²) >= 11 is 0. The predicted molar refractivity (Wildman–Crippen MR) is 75.6 cm³/mol. The van der Waals surface area contributed by atoms with E-state index in [9.17, 15) is 29.3 Å². The SMILES string of the molecule is O=C1CCCCN1C(CO)c1ccc(OS(F)(F)(F)(F)F)cc1. The molecule has 1 aliphatic rings. The lowest BCUT2D eigenvalue weighted by molar-refractivity contribution is -0.137. The summed E-state index contributed by atoms with van der Waals surface area (Å²) in [4.78, 5) is 13.3. The van der Waals surface area contributed by atoms with E-state index in [0.29, 0.717) is 18.5 Å². The molecule has 23 heavy (non-hydrogen) atoms. The molecule has 0 saturated carbocycles. The number of carbonyl (C=O) groups is 1. The van der Waals surface area contributed by atoms with Crippen LogP contribution in [0.25, 0.3) is 0 Å². The number of hydrogen-bond acceptors (Lipinski definition) is 3. The molecule has 1 unspecified atom stereocenters. The Kier molecular flexibility index (Phi) is 4.05. The number of carbonyl (C=O) groups excluding carboxylic acids is 1. The van der Waals surface area contributed by atoms with E-state index in [1.165, 1.54) is 4.90 Å². The van der Waals surface area contributed by atoms with Crippen LogP contribution in [0.3, 0.4) is 0 Å². The van der Waals surface area contributed by atoms with Gasteiger partial charge in [0, 0.05) is 13.0 Å². The highest BCUT2D eigenvalue weighted by Crippen LogP contribution is 2.97. The quantitative estimate of drug-likeness (QED) is 0.795. The molecule has 2 rings (SSSR count). The summed E-state index contributed by atoms with van der Waals surface area (Å²) in [5, 5.41) is 9.47. The highest BCUT2D eigenvalue weighted by atomic mass is 32.5. The minimum Gasteiger partial charge on any atom is -0.394 e. The van der Waals surface area contributed by atoms with Crippen molar-refractivity contribution in [3.63, 3.8) is 0 Å². The Morgan fingerprint density at radius 2 is 1.74 bits per heavy atom. The molecule has 1 fully saturated rings. The fraction of sp³-hybridized carbons (Fsp3) is 0.462. The summed E-state index contributed by atoms with van der Waals surface area (Å²) in [7, 11) is -10.0. The van der Waals surface area contributed by atoms with E-state index < -0.39 is 28.9 Å². The first-order valence-corrected chi connectivity index (χ1v) is 8.71. The second-order valence-electron chi connectivity index (χ2n) is 5.29. The van der Waals surface area contributed by atoms with Crippen molar-refractivity contribution in [2.75, 3.05) is 13.2 Å². The van der Waals surface area contributed by atoms with Crippen LogP contribution < -0.4 is 4.18 Å². The molecule has 1 amide bonds. The number of hydrogen-bond donors (Lipinski definition) is 1. The summed E-state index contributed by atoms with van der Waals surface area (Å²) in [6.45, 7) is 0.00126. The van der Waals surface area contributed by atoms with Crippen molar-refractivity contribution in [1.29, 1.82) is 0 Å². The lowest BCUT2D eigenvalue weighted by Crippen LogP contribution is -2.39. The number of amides is 1. The van der Waals surface area contributed by atoms with Crippen LogP contribution in [0.5, 0.6) is 5.75 Å². The molecule has 0 aromatic heterocycles. The third-order valence-corrected chi connectivity index (χ3v) is 3.94. The Labute approximate surface area is 129 Å². The van der Waals surface area contributed by atoms with E-state index in [-0.39, 0.29) is 5.91 Å². The molecule has 0 aliphatic carbocycles. The van der Waals surface area contributed by atoms with Gasteiger partial charge in [0.25, 0.3) is 0 Å². The van der Waals surface area contributed by atoms with E-state index in [1.54, 1.807) is 0 Å². The highest BCUT2D eigenvalue weighted by molar-refractivity contribution is 8.42. The second-order valence-corrected chi connectivity index (χ2v) is 7.26. The average molecular weight is 361 g/mol. The van der Waals surface area contributed by atoms with Gasteiger partial charge in [0.15, 0.2) is 0 Å². The van der Waals surface area contributed by atoms with Crippen molar-refractivity contribution in [1.82, 2.24) is 4.90 Å². The van der Waals surface area contributed by atoms with Crippen LogP contribution in [-0.4, -0.2) is 29.1 Å². The van der Waals surface area contributed by atoms with Gasteiger partial charge in [-0.15, -0.1) is 0 Å². The molecule has 0 spiro atoms. The average Bonchev–Trinajstić information content (AvgIpc) is 2.40. The Bertz CT molecular complexity index is 590. The van der Waals surface area contributed by atoms with E-state index in [1.807, 2.05) is 0 Å². The molecular weight excluding hydrogens is 345 g/mol. The van der Waals surface area contributed by atoms with E-state index in [4.69, 9.17) is 0 Å². The molecule has 1 aliphatic heterocycles. The predicted octanol–water partition coefficient (Wildman–Crippen LogP) is 4.32. The first-order valence-electron chi connectivity index (χ1n) is 6.83. The fourth-order valence-corrected chi connectivity index (χ4v) is 2.94. The minimum absolute atomic E-state index is 0.164. The zero-order chi connectivity index (χ0) is 17.4. The van der Waals surface area contributed by atoms with Crippen molar-refractivity contribution in [2.45, 2.75) is 25.3 Å². The van der Waals surface area contributed by atoms with Crippen LogP contribution in [0.4, 0.5) is 19.4 Å². The molecule has 1 heterocycles. The summed E-state index contributed by atoms with van der Waals surface area (Å²) in [5.74, 6) is -1.21. The van der Waals surface area contributed by atoms with Gasteiger partial charge in [-0.1, -0.05) is 31.6 Å². The maximum atomic E-state index is 12.3. The van der Waals surface area contributed by atoms with E-state index >= 15 is 0 Å². The van der Waals surface area contributed by atoms with Crippen LogP contribution in [-0.2, 0) is 4.79 Å². The van der Waals surface area contributed by atoms with Crippen molar-refractivity contribution < 1.29 is 33.5 Å². The monoisotopic (exact) mass is 361 g/mol. The second kappa shape index (κ2) is 5.23. The summed E-state index contributed by atoms with van der Waals surface area (Å²) in [5.41, 5.74) is 0.345. The summed E-state index contributed by atoms with van der Waals surface area (Å²) in [6.07, 6.45) is 1.83. The van der Waals surface area contributed by atoms with Gasteiger partial charge in [-0.05, 0) is 30.5 Å². The molecule has 1 atom stereocenters. The molecule has 1 aromatic rings. The number of aliphatic hydroxyl groups excluding tert-OH is 1. The number of rotatable bonds is 5. The zero-order valence-electron chi connectivity index (χ0n) is 11.9. The van der Waals surface area contributed by atoms with Gasteiger partial charge < -0.3 is 14.2 Å². The molecule has 132 valence electrons. The van der Waals surface area contributed by atoms with Crippen LogP contribution in [0.1, 0.15) is 30.9 Å². The Morgan fingerprint density at radius 3 is 2.22 bits per heavy atom. The molecule has 1 N–H and O–H groups in total. The fourth-order valence-electron chi connectivity index (χ4n) is 2.47. The number of piperidine rings is 1. The first kappa shape index (κ1) is 17.8. The van der Waals surface area contributed by atoms with Gasteiger partial charge in [-0.25, -0.2) is 0 Å². The molecule has 0 bridgehead atoms. The lowest BCUT2D eigenvalue weighted by Gasteiger charge is -2.39. The van der Waals surface area contributed by atoms with Crippen LogP contribution in [0.15, 0.2) is 24.3 Å². The van der Waals surface area contributed by atoms with Crippen molar-refractivity contribution in [3.8, 4) is 5.75 Å². The molecule has 1 aromatic carbocycles. The van der Waals surface area contributed by atoms with Crippen molar-refractivity contribution >= 4 is 16.4 Å². The van der Waals surface area contributed by atoms with Crippen LogP contribution >= 0.6 is 10.5 Å². The molecule has 1 saturated heterocycles. The number of nitrogens with zero attached hydrogens (tertiary/aromatic N) is 1. The molecule has 10 heteroatoms. The third-order valence-electron chi connectivity index (χ3n) is 3.43. The van der Waals surface area contributed by atoms with Gasteiger partial charge in [-0.2, -0.15) is 0 Å². The Hall–Kier alpha value is -1.55. The maximum Gasteiger partial charge on any atom is 0.435 e. The Morgan fingerprint density at radius 1 is 1.13 bits per heavy atom. The van der Waals surface area contributed by atoms with Gasteiger partial charge in [-0.3, -0.25) is 4.79 Å². The topological polar surface area (TPSA) is 49.8 Å². The summed E-state index contributed by atoms with van der Waals surface area (Å²) in [6, 6.07) is 3.01. The first-order chi connectivity index (χ1) is 10.4. The van der Waals surface area contributed by atoms with Crippen LogP contribution in [0, 0.1) is 0 Å². The number of benzene rings is 1. The number of likely N-dealkylation sites (tertiary alicyclic amines) is 1. The van der Waals surface area contributed by atoms with Crippen molar-refractivity contribution in [3.05, 3.63) is 29.8 Å². The lowest BCUT2D eigenvalue weighted by atomic mass is 10.0. The van der Waals surface area contributed by atoms with Crippen molar-refractivity contribution in [2.24, 2.45) is 0 Å². The van der Waals surface area contributed by atoms with Crippen LogP contribution in [0.2, 0.25) is 0 Å². The van der Waals surface area contributed by atoms with Gasteiger partial charge >= 0.3 is 10.5 Å². The number of aliphatic hydroxyl groups is 1. The minimum atomic E-state index is -10.0. The normalized spacial score (nSPS) is 20.6. The van der Waals surface area contributed by atoms with E-state index in [2.05, 4.69) is 4.18 Å². The number of halogens is 5. The van der Waals surface area contributed by atoms with Gasteiger partial charge in [0.2, 0.25) is 5.91 Å². The highest BCUT2D eigenvalue weighted by Gasteiger charge is 2.67. The van der Waals surface area contributed by atoms with Gasteiger partial charge in [0.1, 0.15) is 5.75 Å². The standard InChI is InChI=1S/C13H16F5NO3S/c14-23(15,16,17,18)22-11-6-4-10(5-7-11)12(9-20)19-8-2-1-3-13(19)21/h4-7,12,20H,1-3,8-9H2. The smallest absolute Gasteiger partial charge is 0.394 e. The zero-order valence-corrected chi connectivity index (χ0v) is 12.7. The largest absolute Gasteiger partial charge is 0.435 e. The third kappa shape index (κ3) is 5.24. The molecule has 4 nitrogen and oxygen atoms in total.